The third-order valence-electron chi connectivity index (χ3n) is 4.96. The van der Waals surface area contributed by atoms with E-state index in [0.29, 0.717) is 5.75 Å². The smallest absolute Gasteiger partial charge is 0.330 e. The lowest BCUT2D eigenvalue weighted by atomic mass is 9.64. The first-order valence-corrected chi connectivity index (χ1v) is 10.7. The zero-order valence-electron chi connectivity index (χ0n) is 18.5. The molecule has 0 N–H and O–H groups in total. The Morgan fingerprint density at radius 1 is 1.00 bits per heavy atom. The van der Waals surface area contributed by atoms with Crippen molar-refractivity contribution in [1.29, 1.82) is 0 Å². The van der Waals surface area contributed by atoms with Crippen LogP contribution in [0.2, 0.25) is 0 Å². The largest absolute Gasteiger partial charge is 0.490 e. The van der Waals surface area contributed by atoms with Crippen molar-refractivity contribution in [2.24, 2.45) is 10.8 Å². The molecule has 0 fully saturated rings. The lowest BCUT2D eigenvalue weighted by Crippen LogP contribution is -2.45. The summed E-state index contributed by atoms with van der Waals surface area (Å²) in [4.78, 5) is 24.0. The van der Waals surface area contributed by atoms with Gasteiger partial charge in [0.25, 0.3) is 0 Å². The summed E-state index contributed by atoms with van der Waals surface area (Å²) in [6.45, 7) is 12.9. The third-order valence-corrected chi connectivity index (χ3v) is 5.34. The Balaban J connectivity index is 2.59. The zero-order valence-corrected chi connectivity index (χ0v) is 20.7. The predicted molar refractivity (Wildman–Crippen MR) is 124 cm³/mol. The highest BCUT2D eigenvalue weighted by Crippen LogP contribution is 2.47. The second-order valence-electron chi connectivity index (χ2n) is 8.89. The summed E-state index contributed by atoms with van der Waals surface area (Å²) in [5.74, 6) is 0.0743. The highest BCUT2D eigenvalue weighted by Gasteiger charge is 2.48. The van der Waals surface area contributed by atoms with E-state index in [9.17, 15) is 9.59 Å². The minimum Gasteiger partial charge on any atom is -0.490 e. The molecule has 0 aliphatic carbocycles. The van der Waals surface area contributed by atoms with Crippen LogP contribution < -0.4 is 4.74 Å². The number of rotatable bonds is 9. The molecule has 1 atom stereocenters. The molecule has 0 heterocycles. The van der Waals surface area contributed by atoms with Gasteiger partial charge in [-0.2, -0.15) is 0 Å². The van der Waals surface area contributed by atoms with Gasteiger partial charge in [-0.25, -0.2) is 4.79 Å². The van der Waals surface area contributed by atoms with E-state index in [1.54, 1.807) is 18.2 Å². The first-order valence-electron chi connectivity index (χ1n) is 9.63. The van der Waals surface area contributed by atoms with E-state index in [1.807, 2.05) is 19.1 Å². The highest BCUT2D eigenvalue weighted by molar-refractivity contribution is 14.1. The fourth-order valence-corrected chi connectivity index (χ4v) is 3.61. The molecule has 29 heavy (non-hydrogen) atoms. The number of carbonyl (C=O) groups is 2. The Kier molecular flexibility index (Phi) is 9.18. The van der Waals surface area contributed by atoms with E-state index in [0.717, 1.165) is 12.0 Å². The van der Waals surface area contributed by atoms with Crippen molar-refractivity contribution >= 4 is 40.6 Å². The molecular weight excluding hydrogens is 483 g/mol. The van der Waals surface area contributed by atoms with Gasteiger partial charge in [-0.1, -0.05) is 69.3 Å². The van der Waals surface area contributed by atoms with E-state index < -0.39 is 11.4 Å². The number of hydrogen-bond acceptors (Lipinski definition) is 5. The normalized spacial score (nSPS) is 14.3. The number of alkyl halides is 1. The van der Waals surface area contributed by atoms with E-state index >= 15 is 0 Å². The van der Waals surface area contributed by atoms with Crippen LogP contribution in [0.4, 0.5) is 0 Å². The van der Waals surface area contributed by atoms with Crippen LogP contribution in [-0.2, 0) is 19.1 Å². The molecule has 0 aliphatic rings. The Labute approximate surface area is 188 Å². The van der Waals surface area contributed by atoms with Crippen molar-refractivity contribution < 1.29 is 23.8 Å². The molecule has 0 aromatic heterocycles. The van der Waals surface area contributed by atoms with E-state index in [2.05, 4.69) is 61.9 Å². The minimum absolute atomic E-state index is 0.0145. The predicted octanol–water partition coefficient (Wildman–Crippen LogP) is 5.45. The highest BCUT2D eigenvalue weighted by atomic mass is 127. The summed E-state index contributed by atoms with van der Waals surface area (Å²) in [7, 11) is 1.34. The molecule has 0 aliphatic heterocycles. The van der Waals surface area contributed by atoms with Gasteiger partial charge in [0.2, 0.25) is 0 Å². The molecule has 1 rings (SSSR count). The van der Waals surface area contributed by atoms with E-state index in [1.165, 1.54) is 13.2 Å². The molecular formula is C23H33IO5. The average molecular weight is 516 g/mol. The maximum Gasteiger partial charge on any atom is 0.330 e. The quantitative estimate of drug-likeness (QED) is 0.144. The third kappa shape index (κ3) is 8.36. The molecule has 1 aromatic rings. The van der Waals surface area contributed by atoms with Crippen LogP contribution in [0.15, 0.2) is 30.3 Å². The molecule has 162 valence electrons. The molecule has 0 spiro atoms. The lowest BCUT2D eigenvalue weighted by molar-refractivity contribution is -0.163. The van der Waals surface area contributed by atoms with Crippen molar-refractivity contribution in [2.75, 3.05) is 20.3 Å². The average Bonchev–Trinajstić information content (AvgIpc) is 2.61. The van der Waals surface area contributed by atoms with Crippen LogP contribution in [0.25, 0.3) is 6.08 Å². The van der Waals surface area contributed by atoms with Gasteiger partial charge in [0, 0.05) is 9.50 Å². The van der Waals surface area contributed by atoms with Gasteiger partial charge in [-0.15, -0.1) is 0 Å². The van der Waals surface area contributed by atoms with Crippen LogP contribution in [0.1, 0.15) is 53.5 Å². The summed E-state index contributed by atoms with van der Waals surface area (Å²) in [6, 6.07) is 7.27. The van der Waals surface area contributed by atoms with Gasteiger partial charge in [0.1, 0.15) is 19.0 Å². The molecule has 0 saturated heterocycles. The number of hydrogen-bond donors (Lipinski definition) is 0. The first-order chi connectivity index (χ1) is 13.3. The monoisotopic (exact) mass is 516 g/mol. The van der Waals surface area contributed by atoms with Crippen LogP contribution in [0.3, 0.4) is 0 Å². The second-order valence-corrected chi connectivity index (χ2v) is 11.8. The summed E-state index contributed by atoms with van der Waals surface area (Å²) >= 11 is 2.38. The Morgan fingerprint density at radius 2 is 1.59 bits per heavy atom. The molecule has 0 bridgehead atoms. The number of methoxy groups -OCH3 is 1. The van der Waals surface area contributed by atoms with Gasteiger partial charge in [-0.05, 0) is 42.5 Å². The Morgan fingerprint density at radius 3 is 2.07 bits per heavy atom. The molecule has 0 radical (unpaired) electrons. The topological polar surface area (TPSA) is 61.8 Å². The van der Waals surface area contributed by atoms with Crippen molar-refractivity contribution in [2.45, 2.75) is 51.4 Å². The first kappa shape index (κ1) is 25.5. The summed E-state index contributed by atoms with van der Waals surface area (Å²) in [6.07, 6.45) is 3.75. The van der Waals surface area contributed by atoms with Crippen LogP contribution in [0.5, 0.6) is 5.75 Å². The maximum absolute atomic E-state index is 12.9. The number of halogens is 1. The van der Waals surface area contributed by atoms with Crippen LogP contribution in [0, 0.1) is 10.8 Å². The SMILES string of the molecule is COC(=O)/C=C/c1ccc(OCCOC(=O)C(C)(CC(C)(C)I)C(C)(C)C)cc1. The standard InChI is InChI=1S/C23H33IO5/c1-21(2,3)23(6,16-22(4,5)24)20(26)29-15-14-28-18-11-8-17(9-12-18)10-13-19(25)27-7/h8-13H,14-16H2,1-7H3/b13-10+. The van der Waals surface area contributed by atoms with Gasteiger partial charge in [0.05, 0.1) is 12.5 Å². The van der Waals surface area contributed by atoms with Gasteiger partial charge in [-0.3, -0.25) is 4.79 Å². The van der Waals surface area contributed by atoms with Gasteiger partial charge >= 0.3 is 11.9 Å². The molecule has 1 unspecified atom stereocenters. The Hall–Kier alpha value is -1.57. The number of esters is 2. The summed E-state index contributed by atoms with van der Waals surface area (Å²) < 4.78 is 15.8. The molecule has 5 nitrogen and oxygen atoms in total. The fraction of sp³-hybridized carbons (Fsp3) is 0.565. The molecule has 0 amide bonds. The minimum atomic E-state index is -0.592. The lowest BCUT2D eigenvalue weighted by Gasteiger charge is -2.42. The van der Waals surface area contributed by atoms with Crippen molar-refractivity contribution in [3.05, 3.63) is 35.9 Å². The van der Waals surface area contributed by atoms with Crippen molar-refractivity contribution in [3.8, 4) is 5.75 Å². The van der Waals surface area contributed by atoms with Crippen LogP contribution in [-0.4, -0.2) is 35.7 Å². The second kappa shape index (κ2) is 10.5. The number of benzene rings is 1. The molecule has 1 aromatic carbocycles. The fourth-order valence-electron chi connectivity index (χ4n) is 2.84. The van der Waals surface area contributed by atoms with Crippen molar-refractivity contribution in [1.82, 2.24) is 0 Å². The Bertz CT molecular complexity index is 710. The summed E-state index contributed by atoms with van der Waals surface area (Å²) in [5, 5.41) is 0. The number of ether oxygens (including phenoxy) is 3. The number of carbonyl (C=O) groups excluding carboxylic acids is 2. The van der Waals surface area contributed by atoms with E-state index in [-0.39, 0.29) is 28.0 Å². The maximum atomic E-state index is 12.9. The van der Waals surface area contributed by atoms with Crippen molar-refractivity contribution in [3.63, 3.8) is 0 Å². The van der Waals surface area contributed by atoms with Gasteiger partial charge < -0.3 is 14.2 Å². The zero-order chi connectivity index (χ0) is 22.3. The van der Waals surface area contributed by atoms with Gasteiger partial charge in [0.15, 0.2) is 0 Å². The van der Waals surface area contributed by atoms with Crippen LogP contribution >= 0.6 is 22.6 Å². The van der Waals surface area contributed by atoms with E-state index in [4.69, 9.17) is 9.47 Å². The summed E-state index contributed by atoms with van der Waals surface area (Å²) in [5.41, 5.74) is 0.0446. The molecule has 0 saturated carbocycles. The molecule has 6 heteroatoms.